The first-order valence-electron chi connectivity index (χ1n) is 7.43. The molecule has 1 N–H and O–H groups in total. The van der Waals surface area contributed by atoms with E-state index in [0.717, 1.165) is 30.9 Å². The fourth-order valence-electron chi connectivity index (χ4n) is 1.91. The Morgan fingerprint density at radius 1 is 1.29 bits per heavy atom. The highest BCUT2D eigenvalue weighted by molar-refractivity contribution is 7.95. The Kier molecular flexibility index (Phi) is 8.23. The van der Waals surface area contributed by atoms with E-state index in [1.54, 1.807) is 0 Å². The first-order chi connectivity index (χ1) is 10.1. The first kappa shape index (κ1) is 17.9. The zero-order valence-electron chi connectivity index (χ0n) is 13.4. The molecule has 118 valence electrons. The number of aryl methyl sites for hydroxylation is 1. The Morgan fingerprint density at radius 3 is 2.67 bits per heavy atom. The minimum absolute atomic E-state index is 0.0115. The molecule has 0 saturated carbocycles. The molecule has 0 fully saturated rings. The normalized spacial score (nSPS) is 10.7. The summed E-state index contributed by atoms with van der Waals surface area (Å²) in [6.07, 6.45) is 0. The number of carbonyl (C=O) groups is 1. The summed E-state index contributed by atoms with van der Waals surface area (Å²) in [6.45, 7) is 11.9. The molecule has 1 rings (SSSR count). The van der Waals surface area contributed by atoms with Crippen molar-refractivity contribution in [1.29, 1.82) is 0 Å². The second-order valence-electron chi connectivity index (χ2n) is 4.92. The molecule has 21 heavy (non-hydrogen) atoms. The van der Waals surface area contributed by atoms with E-state index in [4.69, 9.17) is 4.18 Å². The van der Waals surface area contributed by atoms with Crippen molar-refractivity contribution in [2.24, 2.45) is 0 Å². The zero-order chi connectivity index (χ0) is 15.7. The maximum atomic E-state index is 11.7. The average molecular weight is 310 g/mol. The number of amides is 1. The third-order valence-electron chi connectivity index (χ3n) is 3.54. The van der Waals surface area contributed by atoms with Crippen LogP contribution in [0.15, 0.2) is 18.2 Å². The van der Waals surface area contributed by atoms with Crippen LogP contribution in [0.4, 0.5) is 0 Å². The van der Waals surface area contributed by atoms with Crippen molar-refractivity contribution in [3.05, 3.63) is 29.3 Å². The van der Waals surface area contributed by atoms with E-state index in [1.807, 2.05) is 32.0 Å². The van der Waals surface area contributed by atoms with Gasteiger partial charge in [-0.3, -0.25) is 4.79 Å². The smallest absolute Gasteiger partial charge is 0.233 e. The lowest BCUT2D eigenvalue weighted by Crippen LogP contribution is -2.35. The molecule has 0 heterocycles. The topological polar surface area (TPSA) is 41.6 Å². The number of nitrogens with one attached hydrogen (secondary N) is 1. The molecule has 0 aromatic heterocycles. The van der Waals surface area contributed by atoms with E-state index in [2.05, 4.69) is 24.1 Å². The Hall–Kier alpha value is -1.20. The molecule has 4 nitrogen and oxygen atoms in total. The Balaban J connectivity index is 2.23. The second-order valence-corrected chi connectivity index (χ2v) is 5.61. The SMILES string of the molecule is CCN(CC)CCNC(=O)CSOc1cccc(C)c1C. The van der Waals surface area contributed by atoms with Crippen LogP contribution in [-0.4, -0.2) is 42.7 Å². The monoisotopic (exact) mass is 310 g/mol. The highest BCUT2D eigenvalue weighted by atomic mass is 32.2. The molecule has 1 aromatic rings. The van der Waals surface area contributed by atoms with Gasteiger partial charge in [0.25, 0.3) is 0 Å². The Labute approximate surface area is 132 Å². The van der Waals surface area contributed by atoms with Gasteiger partial charge in [-0.05, 0) is 44.1 Å². The van der Waals surface area contributed by atoms with Gasteiger partial charge in [-0.1, -0.05) is 26.0 Å². The van der Waals surface area contributed by atoms with Crippen LogP contribution in [0.2, 0.25) is 0 Å². The number of hydrogen-bond donors (Lipinski definition) is 1. The molecule has 5 heteroatoms. The largest absolute Gasteiger partial charge is 0.425 e. The minimum Gasteiger partial charge on any atom is -0.425 e. The summed E-state index contributed by atoms with van der Waals surface area (Å²) in [7, 11) is 0. The number of carbonyl (C=O) groups excluding carboxylic acids is 1. The van der Waals surface area contributed by atoms with Gasteiger partial charge < -0.3 is 14.4 Å². The fraction of sp³-hybridized carbons (Fsp3) is 0.562. The first-order valence-corrected chi connectivity index (χ1v) is 8.34. The van der Waals surface area contributed by atoms with Gasteiger partial charge in [-0.15, -0.1) is 0 Å². The predicted molar refractivity (Wildman–Crippen MR) is 89.8 cm³/mol. The molecular formula is C16H26N2O2S. The summed E-state index contributed by atoms with van der Waals surface area (Å²) in [5.41, 5.74) is 2.31. The summed E-state index contributed by atoms with van der Waals surface area (Å²) in [4.78, 5) is 14.0. The van der Waals surface area contributed by atoms with E-state index < -0.39 is 0 Å². The van der Waals surface area contributed by atoms with Crippen LogP contribution in [0.25, 0.3) is 0 Å². The average Bonchev–Trinajstić information content (AvgIpc) is 2.48. The van der Waals surface area contributed by atoms with Crippen molar-refractivity contribution in [3.8, 4) is 5.75 Å². The lowest BCUT2D eigenvalue weighted by molar-refractivity contribution is -0.118. The molecular weight excluding hydrogens is 284 g/mol. The maximum Gasteiger partial charge on any atom is 0.233 e. The molecule has 0 aliphatic rings. The van der Waals surface area contributed by atoms with Crippen LogP contribution in [0, 0.1) is 13.8 Å². The van der Waals surface area contributed by atoms with E-state index >= 15 is 0 Å². The molecule has 1 amide bonds. The van der Waals surface area contributed by atoms with Gasteiger partial charge >= 0.3 is 0 Å². The van der Waals surface area contributed by atoms with Crippen molar-refractivity contribution in [3.63, 3.8) is 0 Å². The van der Waals surface area contributed by atoms with Gasteiger partial charge in [0.1, 0.15) is 11.5 Å². The van der Waals surface area contributed by atoms with E-state index in [9.17, 15) is 4.79 Å². The molecule has 0 aliphatic carbocycles. The summed E-state index contributed by atoms with van der Waals surface area (Å²) in [5, 5.41) is 2.91. The lowest BCUT2D eigenvalue weighted by atomic mass is 10.1. The van der Waals surface area contributed by atoms with Crippen LogP contribution in [0.5, 0.6) is 5.75 Å². The molecule has 0 radical (unpaired) electrons. The van der Waals surface area contributed by atoms with Gasteiger partial charge in [-0.2, -0.15) is 0 Å². The fourth-order valence-corrected chi connectivity index (χ4v) is 2.48. The molecule has 0 aliphatic heterocycles. The summed E-state index contributed by atoms with van der Waals surface area (Å²) < 4.78 is 5.60. The lowest BCUT2D eigenvalue weighted by Gasteiger charge is -2.17. The van der Waals surface area contributed by atoms with Crippen molar-refractivity contribution in [2.75, 3.05) is 31.9 Å². The van der Waals surface area contributed by atoms with Gasteiger partial charge in [0.2, 0.25) is 5.91 Å². The van der Waals surface area contributed by atoms with Crippen molar-refractivity contribution in [2.45, 2.75) is 27.7 Å². The highest BCUT2D eigenvalue weighted by Crippen LogP contribution is 2.23. The highest BCUT2D eigenvalue weighted by Gasteiger charge is 2.06. The van der Waals surface area contributed by atoms with Gasteiger partial charge in [0.05, 0.1) is 12.0 Å². The van der Waals surface area contributed by atoms with Crippen LogP contribution in [-0.2, 0) is 4.79 Å². The summed E-state index contributed by atoms with van der Waals surface area (Å²) in [6, 6.07) is 5.93. The number of nitrogens with zero attached hydrogens (tertiary/aromatic N) is 1. The van der Waals surface area contributed by atoms with Gasteiger partial charge in [0, 0.05) is 13.1 Å². The van der Waals surface area contributed by atoms with Gasteiger partial charge in [0.15, 0.2) is 0 Å². The zero-order valence-corrected chi connectivity index (χ0v) is 14.3. The summed E-state index contributed by atoms with van der Waals surface area (Å²) >= 11 is 1.18. The van der Waals surface area contributed by atoms with Crippen molar-refractivity contribution in [1.82, 2.24) is 10.2 Å². The van der Waals surface area contributed by atoms with Gasteiger partial charge in [-0.25, -0.2) is 0 Å². The molecule has 0 unspecified atom stereocenters. The second kappa shape index (κ2) is 9.68. The molecule has 1 aromatic carbocycles. The van der Waals surface area contributed by atoms with E-state index in [-0.39, 0.29) is 5.91 Å². The molecule has 0 bridgehead atoms. The van der Waals surface area contributed by atoms with Crippen molar-refractivity contribution < 1.29 is 8.98 Å². The Bertz CT molecular complexity index is 448. The van der Waals surface area contributed by atoms with Crippen LogP contribution in [0.1, 0.15) is 25.0 Å². The number of likely N-dealkylation sites (N-methyl/N-ethyl adjacent to an activating group) is 1. The molecule has 0 atom stereocenters. The van der Waals surface area contributed by atoms with Crippen LogP contribution < -0.4 is 9.50 Å². The quantitative estimate of drug-likeness (QED) is 0.712. The van der Waals surface area contributed by atoms with Crippen LogP contribution in [0.3, 0.4) is 0 Å². The Morgan fingerprint density at radius 2 is 2.00 bits per heavy atom. The van der Waals surface area contributed by atoms with Crippen LogP contribution >= 0.6 is 12.0 Å². The number of rotatable bonds is 9. The third kappa shape index (κ3) is 6.40. The number of benzene rings is 1. The molecule has 0 spiro atoms. The number of hydrogen-bond acceptors (Lipinski definition) is 4. The predicted octanol–water partition coefficient (Wildman–Crippen LogP) is 2.79. The molecule has 0 saturated heterocycles. The maximum absolute atomic E-state index is 11.7. The summed E-state index contributed by atoms with van der Waals surface area (Å²) in [5.74, 6) is 1.15. The van der Waals surface area contributed by atoms with Crippen molar-refractivity contribution >= 4 is 17.9 Å². The van der Waals surface area contributed by atoms with E-state index in [1.165, 1.54) is 17.6 Å². The standard InChI is InChI=1S/C16H26N2O2S/c1-5-18(6-2)11-10-17-16(19)12-21-20-15-9-7-8-13(3)14(15)4/h7-9H,5-6,10-12H2,1-4H3,(H,17,19). The minimum atomic E-state index is 0.0115. The van der Waals surface area contributed by atoms with E-state index in [0.29, 0.717) is 12.3 Å². The third-order valence-corrected chi connectivity index (χ3v) is 4.22.